The van der Waals surface area contributed by atoms with Crippen molar-refractivity contribution in [3.63, 3.8) is 0 Å². The Bertz CT molecular complexity index is 1990. The lowest BCUT2D eigenvalue weighted by atomic mass is 9.71. The molecule has 218 valence electrons. The first-order valence-electron chi connectivity index (χ1n) is 14.4. The number of nitrogens with one attached hydrogen (secondary N) is 1. The van der Waals surface area contributed by atoms with E-state index < -0.39 is 12.0 Å². The van der Waals surface area contributed by atoms with E-state index in [0.29, 0.717) is 17.2 Å². The number of carbonyl (C=O) groups excluding carboxylic acids is 2. The minimum atomic E-state index is -0.631. The molecule has 2 aliphatic rings. The van der Waals surface area contributed by atoms with Crippen molar-refractivity contribution in [1.29, 1.82) is 0 Å². The first-order valence-corrected chi connectivity index (χ1v) is 15.1. The molecule has 5 aromatic rings. The van der Waals surface area contributed by atoms with Gasteiger partial charge in [-0.05, 0) is 76.2 Å². The maximum atomic E-state index is 14.1. The summed E-state index contributed by atoms with van der Waals surface area (Å²) in [6, 6.07) is 32.3. The van der Waals surface area contributed by atoms with Gasteiger partial charge in [0, 0.05) is 28.3 Å². The summed E-state index contributed by atoms with van der Waals surface area (Å²) < 4.78 is 11.4. The summed E-state index contributed by atoms with van der Waals surface area (Å²) in [5, 5.41) is 6.52. The molecule has 0 saturated carbocycles. The predicted octanol–water partition coefficient (Wildman–Crippen LogP) is 9.44. The van der Waals surface area contributed by atoms with E-state index in [2.05, 4.69) is 41.7 Å². The van der Waals surface area contributed by atoms with E-state index in [4.69, 9.17) is 32.7 Å². The minimum Gasteiger partial charge on any atom is -0.493 e. The number of Topliss-reactive ketones (excluding diaryl/α,β-unsaturated/α-hetero) is 1. The average Bonchev–Trinajstić information content (AvgIpc) is 3.04. The highest BCUT2D eigenvalue weighted by Gasteiger charge is 2.38. The molecule has 0 spiro atoms. The van der Waals surface area contributed by atoms with Gasteiger partial charge in [-0.25, -0.2) is 4.79 Å². The van der Waals surface area contributed by atoms with Gasteiger partial charge in [0.05, 0.1) is 23.7 Å². The number of hydrogen-bond donors (Lipinski definition) is 1. The molecule has 1 heterocycles. The quantitative estimate of drug-likeness (QED) is 0.157. The van der Waals surface area contributed by atoms with Crippen molar-refractivity contribution < 1.29 is 19.1 Å². The third-order valence-electron chi connectivity index (χ3n) is 8.47. The lowest BCUT2D eigenvalue weighted by molar-refractivity contribution is -0.116. The summed E-state index contributed by atoms with van der Waals surface area (Å²) >= 11 is 12.2. The normalized spacial score (nSPS) is 17.5. The molecule has 5 aromatic carbocycles. The zero-order valence-electron chi connectivity index (χ0n) is 23.8. The Morgan fingerprint density at radius 2 is 1.61 bits per heavy atom. The number of ketones is 1. The second-order valence-electron chi connectivity index (χ2n) is 11.0. The van der Waals surface area contributed by atoms with E-state index in [9.17, 15) is 9.59 Å². The summed E-state index contributed by atoms with van der Waals surface area (Å²) in [7, 11) is 1.52. The Morgan fingerprint density at radius 3 is 2.41 bits per heavy atom. The molecule has 0 fully saturated rings. The highest BCUT2D eigenvalue weighted by atomic mass is 35.5. The van der Waals surface area contributed by atoms with Gasteiger partial charge in [0.25, 0.3) is 0 Å². The van der Waals surface area contributed by atoms with Crippen molar-refractivity contribution in [2.24, 2.45) is 0 Å². The number of benzene rings is 5. The number of rotatable bonds is 5. The van der Waals surface area contributed by atoms with Crippen LogP contribution < -0.4 is 14.8 Å². The van der Waals surface area contributed by atoms with Crippen LogP contribution in [-0.4, -0.2) is 18.9 Å². The van der Waals surface area contributed by atoms with Gasteiger partial charge in [-0.15, -0.1) is 0 Å². The fourth-order valence-corrected chi connectivity index (χ4v) is 6.90. The van der Waals surface area contributed by atoms with Crippen LogP contribution in [0.4, 0.5) is 5.69 Å². The number of methoxy groups -OCH3 is 1. The monoisotopic (exact) mass is 619 g/mol. The number of anilines is 1. The number of esters is 1. The lowest BCUT2D eigenvalue weighted by Crippen LogP contribution is -2.29. The zero-order valence-corrected chi connectivity index (χ0v) is 25.3. The van der Waals surface area contributed by atoms with Crippen molar-refractivity contribution in [2.75, 3.05) is 12.4 Å². The van der Waals surface area contributed by atoms with E-state index in [1.165, 1.54) is 19.2 Å². The molecule has 0 amide bonds. The Kier molecular flexibility index (Phi) is 7.37. The number of carbonyl (C=O) groups is 2. The fourth-order valence-electron chi connectivity index (χ4n) is 6.42. The summed E-state index contributed by atoms with van der Waals surface area (Å²) in [5.74, 6) is 0.170. The number of allylic oxidation sites excluding steroid dienone is 1. The number of ether oxygens (including phenoxy) is 2. The van der Waals surface area contributed by atoms with Crippen molar-refractivity contribution in [1.82, 2.24) is 0 Å². The molecule has 0 aromatic heterocycles. The Labute approximate surface area is 265 Å². The van der Waals surface area contributed by atoms with E-state index in [1.807, 2.05) is 42.5 Å². The standard InChI is InChI=1S/C37H27Cl2NO4/c1-43-33-19-23(12-16-32(33)44-37(42)27-14-13-25(38)20-29(27)39)36-35-28(17-24(18-31(35)41)21-7-3-2-4-8-21)34-26-10-6-5-9-22(26)11-15-30(34)40-36/h2-16,19-20,24,36,40H,17-18H2,1H3. The predicted molar refractivity (Wildman–Crippen MR) is 175 cm³/mol. The van der Waals surface area contributed by atoms with Crippen molar-refractivity contribution in [3.05, 3.63) is 141 Å². The summed E-state index contributed by atoms with van der Waals surface area (Å²) in [6.07, 6.45) is 1.18. The second-order valence-corrected chi connectivity index (χ2v) is 11.9. The van der Waals surface area contributed by atoms with Crippen molar-refractivity contribution in [2.45, 2.75) is 24.8 Å². The van der Waals surface area contributed by atoms with Crippen LogP contribution in [0.1, 0.15) is 51.8 Å². The van der Waals surface area contributed by atoms with Gasteiger partial charge in [-0.2, -0.15) is 0 Å². The smallest absolute Gasteiger partial charge is 0.345 e. The molecule has 1 aliphatic heterocycles. The van der Waals surface area contributed by atoms with Crippen LogP contribution >= 0.6 is 23.2 Å². The van der Waals surface area contributed by atoms with Crippen LogP contribution in [0.3, 0.4) is 0 Å². The van der Waals surface area contributed by atoms with Crippen LogP contribution in [0.5, 0.6) is 11.5 Å². The van der Waals surface area contributed by atoms with Crippen LogP contribution in [0.15, 0.2) is 109 Å². The maximum absolute atomic E-state index is 14.1. The SMILES string of the molecule is COc1cc(C2Nc3ccc4ccccc4c3C3=C2C(=O)CC(c2ccccc2)C3)ccc1OC(=O)c1ccc(Cl)cc1Cl. The van der Waals surface area contributed by atoms with E-state index in [0.717, 1.165) is 50.7 Å². The van der Waals surface area contributed by atoms with Crippen molar-refractivity contribution in [3.8, 4) is 11.5 Å². The van der Waals surface area contributed by atoms with E-state index in [-0.39, 0.29) is 28.0 Å². The van der Waals surface area contributed by atoms with E-state index >= 15 is 0 Å². The molecule has 5 nitrogen and oxygen atoms in total. The minimum absolute atomic E-state index is 0.0871. The fraction of sp³-hybridized carbons (Fsp3) is 0.135. The largest absolute Gasteiger partial charge is 0.493 e. The molecule has 7 heteroatoms. The highest BCUT2D eigenvalue weighted by molar-refractivity contribution is 6.36. The first-order chi connectivity index (χ1) is 21.4. The zero-order chi connectivity index (χ0) is 30.4. The lowest BCUT2D eigenvalue weighted by Gasteiger charge is -2.37. The third-order valence-corrected chi connectivity index (χ3v) is 9.02. The molecule has 2 unspecified atom stereocenters. The molecular formula is C37H27Cl2NO4. The molecule has 2 atom stereocenters. The molecule has 0 bridgehead atoms. The molecule has 0 saturated heterocycles. The third kappa shape index (κ3) is 5.02. The highest BCUT2D eigenvalue weighted by Crippen LogP contribution is 2.51. The maximum Gasteiger partial charge on any atom is 0.345 e. The number of halogens is 2. The van der Waals surface area contributed by atoms with Crippen LogP contribution in [-0.2, 0) is 4.79 Å². The Hall–Kier alpha value is -4.58. The summed E-state index contributed by atoms with van der Waals surface area (Å²) in [4.78, 5) is 27.1. The topological polar surface area (TPSA) is 64.6 Å². The van der Waals surface area contributed by atoms with Gasteiger partial charge in [0.15, 0.2) is 17.3 Å². The van der Waals surface area contributed by atoms with Crippen LogP contribution in [0.25, 0.3) is 16.3 Å². The average molecular weight is 621 g/mol. The van der Waals surface area contributed by atoms with Crippen LogP contribution in [0.2, 0.25) is 10.0 Å². The molecule has 1 aliphatic carbocycles. The Balaban J connectivity index is 1.31. The summed E-state index contributed by atoms with van der Waals surface area (Å²) in [5.41, 5.74) is 6.07. The van der Waals surface area contributed by atoms with Gasteiger partial charge in [0.2, 0.25) is 0 Å². The van der Waals surface area contributed by atoms with Gasteiger partial charge < -0.3 is 14.8 Å². The molecular weight excluding hydrogens is 593 g/mol. The van der Waals surface area contributed by atoms with Gasteiger partial charge in [0.1, 0.15) is 0 Å². The molecule has 44 heavy (non-hydrogen) atoms. The van der Waals surface area contributed by atoms with Gasteiger partial charge in [-0.1, -0.05) is 89.9 Å². The first kappa shape index (κ1) is 28.2. The number of fused-ring (bicyclic) bond motifs is 4. The Morgan fingerprint density at radius 1 is 0.818 bits per heavy atom. The molecule has 7 rings (SSSR count). The second kappa shape index (κ2) is 11.5. The van der Waals surface area contributed by atoms with Crippen LogP contribution in [0, 0.1) is 0 Å². The molecule has 1 N–H and O–H groups in total. The van der Waals surface area contributed by atoms with Gasteiger partial charge in [-0.3, -0.25) is 4.79 Å². The summed E-state index contributed by atoms with van der Waals surface area (Å²) in [6.45, 7) is 0. The molecule has 0 radical (unpaired) electrons. The van der Waals surface area contributed by atoms with Crippen molar-refractivity contribution >= 4 is 57.0 Å². The van der Waals surface area contributed by atoms with Gasteiger partial charge >= 0.3 is 5.97 Å². The van der Waals surface area contributed by atoms with E-state index in [1.54, 1.807) is 12.1 Å². The number of hydrogen-bond acceptors (Lipinski definition) is 5.